The maximum atomic E-state index is 2.29. The van der Waals surface area contributed by atoms with Crippen LogP contribution in [-0.4, -0.2) is 11.9 Å². The molecule has 1 aliphatic carbocycles. The lowest BCUT2D eigenvalue weighted by atomic mass is 9.84. The Bertz CT molecular complexity index is 320. The standard InChI is InChI=1S/C13H17N/c1-11-7-5-6-10-14(2)13-9-4-3-8-12(11)13/h3-7,9-12H,8H2,1-2H3. The van der Waals surface area contributed by atoms with Crippen molar-refractivity contribution in [3.8, 4) is 0 Å². The molecule has 1 aliphatic heterocycles. The van der Waals surface area contributed by atoms with Gasteiger partial charge in [0.1, 0.15) is 0 Å². The van der Waals surface area contributed by atoms with Crippen LogP contribution in [0.2, 0.25) is 0 Å². The van der Waals surface area contributed by atoms with Crippen molar-refractivity contribution in [1.82, 2.24) is 4.90 Å². The molecule has 1 heteroatoms. The van der Waals surface area contributed by atoms with E-state index in [2.05, 4.69) is 61.5 Å². The zero-order valence-electron chi connectivity index (χ0n) is 8.85. The predicted molar refractivity (Wildman–Crippen MR) is 60.5 cm³/mol. The van der Waals surface area contributed by atoms with E-state index in [1.807, 2.05) is 0 Å². The molecule has 14 heavy (non-hydrogen) atoms. The minimum absolute atomic E-state index is 0.624. The monoisotopic (exact) mass is 187 g/mol. The molecule has 0 radical (unpaired) electrons. The Morgan fingerprint density at radius 2 is 2.14 bits per heavy atom. The Kier molecular flexibility index (Phi) is 2.58. The second-order valence-electron chi connectivity index (χ2n) is 4.06. The van der Waals surface area contributed by atoms with Crippen LogP contribution in [0.25, 0.3) is 0 Å². The Balaban J connectivity index is 2.34. The van der Waals surface area contributed by atoms with Gasteiger partial charge in [0.2, 0.25) is 0 Å². The number of allylic oxidation sites excluding steroid dienone is 7. The van der Waals surface area contributed by atoms with Crippen molar-refractivity contribution in [3.63, 3.8) is 0 Å². The van der Waals surface area contributed by atoms with Gasteiger partial charge in [-0.15, -0.1) is 0 Å². The van der Waals surface area contributed by atoms with Crippen molar-refractivity contribution in [2.75, 3.05) is 7.05 Å². The van der Waals surface area contributed by atoms with Crippen LogP contribution in [0.4, 0.5) is 0 Å². The molecule has 74 valence electrons. The van der Waals surface area contributed by atoms with Gasteiger partial charge in [-0.1, -0.05) is 31.2 Å². The van der Waals surface area contributed by atoms with Gasteiger partial charge in [0.15, 0.2) is 0 Å². The average molecular weight is 187 g/mol. The molecule has 0 amide bonds. The smallest absolute Gasteiger partial charge is 0.0211 e. The molecule has 0 aromatic carbocycles. The highest BCUT2D eigenvalue weighted by atomic mass is 15.1. The fourth-order valence-electron chi connectivity index (χ4n) is 2.14. The number of fused-ring (bicyclic) bond motifs is 1. The number of rotatable bonds is 0. The fourth-order valence-corrected chi connectivity index (χ4v) is 2.14. The van der Waals surface area contributed by atoms with Crippen LogP contribution in [0.1, 0.15) is 13.3 Å². The summed E-state index contributed by atoms with van der Waals surface area (Å²) in [6.07, 6.45) is 16.5. The SMILES string of the molecule is CC1C=CC=CN(C)C2=CC=CCC21. The van der Waals surface area contributed by atoms with E-state index in [1.54, 1.807) is 0 Å². The molecular formula is C13H17N. The molecule has 2 atom stereocenters. The third-order valence-corrected chi connectivity index (χ3v) is 3.05. The number of nitrogens with zero attached hydrogens (tertiary/aromatic N) is 1. The van der Waals surface area contributed by atoms with Gasteiger partial charge in [-0.3, -0.25) is 0 Å². The van der Waals surface area contributed by atoms with Crippen molar-refractivity contribution >= 4 is 0 Å². The summed E-state index contributed by atoms with van der Waals surface area (Å²) < 4.78 is 0. The Labute approximate surface area is 86.1 Å². The molecule has 1 heterocycles. The first-order valence-electron chi connectivity index (χ1n) is 5.23. The Hall–Kier alpha value is -1.24. The maximum absolute atomic E-state index is 2.29. The summed E-state index contributed by atoms with van der Waals surface area (Å²) >= 11 is 0. The van der Waals surface area contributed by atoms with Crippen LogP contribution in [-0.2, 0) is 0 Å². The summed E-state index contributed by atoms with van der Waals surface area (Å²) in [7, 11) is 2.13. The summed E-state index contributed by atoms with van der Waals surface area (Å²) in [6, 6.07) is 0. The summed E-state index contributed by atoms with van der Waals surface area (Å²) in [5.74, 6) is 1.27. The lowest BCUT2D eigenvalue weighted by Gasteiger charge is -2.32. The van der Waals surface area contributed by atoms with E-state index < -0.39 is 0 Å². The van der Waals surface area contributed by atoms with E-state index in [9.17, 15) is 0 Å². The van der Waals surface area contributed by atoms with Crippen molar-refractivity contribution in [2.45, 2.75) is 13.3 Å². The molecule has 2 rings (SSSR count). The first-order valence-corrected chi connectivity index (χ1v) is 5.23. The maximum Gasteiger partial charge on any atom is 0.0211 e. The molecule has 1 nitrogen and oxygen atoms in total. The summed E-state index contributed by atoms with van der Waals surface area (Å²) in [4.78, 5) is 2.23. The first-order chi connectivity index (χ1) is 6.79. The molecule has 0 fully saturated rings. The minimum Gasteiger partial charge on any atom is -0.354 e. The van der Waals surface area contributed by atoms with E-state index in [-0.39, 0.29) is 0 Å². The van der Waals surface area contributed by atoms with Crippen molar-refractivity contribution < 1.29 is 0 Å². The number of hydrogen-bond donors (Lipinski definition) is 0. The second kappa shape index (κ2) is 3.87. The lowest BCUT2D eigenvalue weighted by Crippen LogP contribution is -2.24. The van der Waals surface area contributed by atoms with Crippen molar-refractivity contribution in [2.24, 2.45) is 11.8 Å². The zero-order valence-corrected chi connectivity index (χ0v) is 8.85. The van der Waals surface area contributed by atoms with E-state index in [0.717, 1.165) is 6.42 Å². The molecule has 0 spiro atoms. The van der Waals surface area contributed by atoms with Gasteiger partial charge < -0.3 is 4.90 Å². The van der Waals surface area contributed by atoms with Gasteiger partial charge in [-0.25, -0.2) is 0 Å². The topological polar surface area (TPSA) is 3.24 Å². The largest absolute Gasteiger partial charge is 0.354 e. The van der Waals surface area contributed by atoms with Gasteiger partial charge in [0, 0.05) is 24.9 Å². The third kappa shape index (κ3) is 1.67. The van der Waals surface area contributed by atoms with Gasteiger partial charge in [0.05, 0.1) is 0 Å². The van der Waals surface area contributed by atoms with Gasteiger partial charge in [0.25, 0.3) is 0 Å². The minimum atomic E-state index is 0.624. The normalized spacial score (nSPS) is 30.7. The molecule has 0 aromatic rings. The highest BCUT2D eigenvalue weighted by Crippen LogP contribution is 2.31. The van der Waals surface area contributed by atoms with Crippen LogP contribution < -0.4 is 0 Å². The quantitative estimate of drug-likeness (QED) is 0.563. The van der Waals surface area contributed by atoms with E-state index in [4.69, 9.17) is 0 Å². The highest BCUT2D eigenvalue weighted by molar-refractivity contribution is 5.25. The van der Waals surface area contributed by atoms with Crippen LogP contribution in [0, 0.1) is 11.8 Å². The molecular weight excluding hydrogens is 170 g/mol. The van der Waals surface area contributed by atoms with Crippen molar-refractivity contribution in [3.05, 3.63) is 48.4 Å². The third-order valence-electron chi connectivity index (χ3n) is 3.05. The molecule has 0 bridgehead atoms. The van der Waals surface area contributed by atoms with Crippen LogP contribution >= 0.6 is 0 Å². The molecule has 2 aliphatic rings. The summed E-state index contributed by atoms with van der Waals surface area (Å²) in [6.45, 7) is 2.29. The van der Waals surface area contributed by atoms with Crippen LogP contribution in [0.15, 0.2) is 48.4 Å². The van der Waals surface area contributed by atoms with E-state index in [1.165, 1.54) is 5.70 Å². The zero-order chi connectivity index (χ0) is 9.97. The average Bonchev–Trinajstić information content (AvgIpc) is 2.22. The molecule has 0 N–H and O–H groups in total. The van der Waals surface area contributed by atoms with Crippen LogP contribution in [0.3, 0.4) is 0 Å². The lowest BCUT2D eigenvalue weighted by molar-refractivity contribution is 0.383. The molecule has 0 saturated carbocycles. The molecule has 0 aromatic heterocycles. The van der Waals surface area contributed by atoms with E-state index in [0.29, 0.717) is 11.8 Å². The van der Waals surface area contributed by atoms with Crippen molar-refractivity contribution in [1.29, 1.82) is 0 Å². The van der Waals surface area contributed by atoms with Gasteiger partial charge >= 0.3 is 0 Å². The molecule has 2 unspecified atom stereocenters. The molecule has 0 saturated heterocycles. The number of hydrogen-bond acceptors (Lipinski definition) is 1. The Morgan fingerprint density at radius 3 is 3.00 bits per heavy atom. The predicted octanol–water partition coefficient (Wildman–Crippen LogP) is 3.10. The Morgan fingerprint density at radius 1 is 1.29 bits per heavy atom. The summed E-state index contributed by atoms with van der Waals surface area (Å²) in [5.41, 5.74) is 1.43. The van der Waals surface area contributed by atoms with Gasteiger partial charge in [-0.2, -0.15) is 0 Å². The first kappa shape index (κ1) is 9.32. The second-order valence-corrected chi connectivity index (χ2v) is 4.06. The van der Waals surface area contributed by atoms with Gasteiger partial charge in [-0.05, 0) is 24.5 Å². The summed E-state index contributed by atoms with van der Waals surface area (Å²) in [5, 5.41) is 0. The highest BCUT2D eigenvalue weighted by Gasteiger charge is 2.22. The van der Waals surface area contributed by atoms with Crippen LogP contribution in [0.5, 0.6) is 0 Å². The fraction of sp³-hybridized carbons (Fsp3) is 0.385. The van der Waals surface area contributed by atoms with E-state index >= 15 is 0 Å².